The first kappa shape index (κ1) is 16.7. The summed E-state index contributed by atoms with van der Waals surface area (Å²) in [5.41, 5.74) is 1.52. The minimum absolute atomic E-state index is 0.113. The van der Waals surface area contributed by atoms with Gasteiger partial charge < -0.3 is 14.5 Å². The van der Waals surface area contributed by atoms with Gasteiger partial charge in [0, 0.05) is 31.0 Å². The molecule has 0 aliphatic heterocycles. The van der Waals surface area contributed by atoms with E-state index < -0.39 is 0 Å². The zero-order valence-corrected chi connectivity index (χ0v) is 12.7. The van der Waals surface area contributed by atoms with Crippen LogP contribution in [0.1, 0.15) is 36.4 Å². The van der Waals surface area contributed by atoms with E-state index in [1.165, 1.54) is 0 Å². The monoisotopic (exact) mass is 287 g/mol. The van der Waals surface area contributed by atoms with Gasteiger partial charge in [-0.1, -0.05) is 26.0 Å². The number of carbonyl (C=O) groups is 2. The Labute approximate surface area is 125 Å². The maximum absolute atomic E-state index is 11.4. The molecule has 112 valence electrons. The first-order valence-electron chi connectivity index (χ1n) is 7.09. The number of aryl methyl sites for hydroxylation is 1. The van der Waals surface area contributed by atoms with Crippen LogP contribution in [0.4, 0.5) is 0 Å². The normalized spacial score (nSPS) is 9.48. The standard InChI is InChI=1S/C15H15NO3.C2H6/c1-16-15(18)12-6-4-11(5-7-12)14-9-8-13(19-14)3-2-10-17;1-2/h4-10H,2-3H2,1H3,(H,16,18);1-2H3. The summed E-state index contributed by atoms with van der Waals surface area (Å²) in [6.45, 7) is 4.00. The molecule has 0 bridgehead atoms. The third-order valence-electron chi connectivity index (χ3n) is 2.83. The molecule has 0 aliphatic rings. The molecule has 0 aliphatic carbocycles. The molecule has 4 nitrogen and oxygen atoms in total. The number of furan rings is 1. The molecule has 1 aromatic heterocycles. The predicted octanol–water partition coefficient (Wildman–Crippen LogP) is 3.46. The van der Waals surface area contributed by atoms with E-state index in [9.17, 15) is 9.59 Å². The molecule has 0 unspecified atom stereocenters. The average Bonchev–Trinajstić information content (AvgIpc) is 3.03. The molecule has 1 heterocycles. The Bertz CT molecular complexity index is 570. The molecule has 0 atom stereocenters. The molecular formula is C17H21NO3. The van der Waals surface area contributed by atoms with Crippen molar-refractivity contribution in [1.29, 1.82) is 0 Å². The Morgan fingerprint density at radius 1 is 1.14 bits per heavy atom. The van der Waals surface area contributed by atoms with E-state index in [0.717, 1.165) is 23.4 Å². The quantitative estimate of drug-likeness (QED) is 0.857. The molecule has 2 aromatic rings. The van der Waals surface area contributed by atoms with Gasteiger partial charge in [-0.05, 0) is 24.3 Å². The van der Waals surface area contributed by atoms with E-state index in [-0.39, 0.29) is 5.91 Å². The molecule has 1 aromatic carbocycles. The maximum atomic E-state index is 11.4. The highest BCUT2D eigenvalue weighted by molar-refractivity contribution is 5.94. The van der Waals surface area contributed by atoms with Gasteiger partial charge in [0.15, 0.2) is 0 Å². The van der Waals surface area contributed by atoms with Crippen molar-refractivity contribution in [3.05, 3.63) is 47.7 Å². The largest absolute Gasteiger partial charge is 0.461 e. The van der Waals surface area contributed by atoms with Crippen molar-refractivity contribution in [3.8, 4) is 11.3 Å². The fourth-order valence-electron chi connectivity index (χ4n) is 1.80. The number of amides is 1. The van der Waals surface area contributed by atoms with Crippen LogP contribution in [0.15, 0.2) is 40.8 Å². The Hall–Kier alpha value is -2.36. The van der Waals surface area contributed by atoms with Crippen molar-refractivity contribution in [3.63, 3.8) is 0 Å². The van der Waals surface area contributed by atoms with Crippen molar-refractivity contribution in [2.45, 2.75) is 26.7 Å². The lowest BCUT2D eigenvalue weighted by molar-refractivity contribution is -0.107. The molecule has 0 saturated heterocycles. The van der Waals surface area contributed by atoms with Gasteiger partial charge in [0.2, 0.25) is 0 Å². The smallest absolute Gasteiger partial charge is 0.251 e. The number of hydrogen-bond acceptors (Lipinski definition) is 3. The Balaban J connectivity index is 0.00000106. The highest BCUT2D eigenvalue weighted by Crippen LogP contribution is 2.23. The molecule has 1 N–H and O–H groups in total. The summed E-state index contributed by atoms with van der Waals surface area (Å²) in [5.74, 6) is 1.42. The summed E-state index contributed by atoms with van der Waals surface area (Å²) < 4.78 is 5.64. The summed E-state index contributed by atoms with van der Waals surface area (Å²) in [6, 6.07) is 10.9. The summed E-state index contributed by atoms with van der Waals surface area (Å²) in [5, 5.41) is 2.57. The van der Waals surface area contributed by atoms with Crippen LogP contribution >= 0.6 is 0 Å². The van der Waals surface area contributed by atoms with Gasteiger partial charge in [0.05, 0.1) is 0 Å². The fraction of sp³-hybridized carbons (Fsp3) is 0.294. The lowest BCUT2D eigenvalue weighted by atomic mass is 10.1. The second kappa shape index (κ2) is 8.74. The predicted molar refractivity (Wildman–Crippen MR) is 83.3 cm³/mol. The number of aldehydes is 1. The van der Waals surface area contributed by atoms with Crippen molar-refractivity contribution >= 4 is 12.2 Å². The molecule has 0 spiro atoms. The SMILES string of the molecule is CC.CNC(=O)c1ccc(-c2ccc(CCC=O)o2)cc1. The van der Waals surface area contributed by atoms with Gasteiger partial charge >= 0.3 is 0 Å². The van der Waals surface area contributed by atoms with Crippen LogP contribution in [0.25, 0.3) is 11.3 Å². The number of rotatable bonds is 5. The van der Waals surface area contributed by atoms with E-state index in [2.05, 4.69) is 5.32 Å². The zero-order valence-electron chi connectivity index (χ0n) is 12.7. The summed E-state index contributed by atoms with van der Waals surface area (Å²) in [7, 11) is 1.60. The van der Waals surface area contributed by atoms with Gasteiger partial charge in [-0.25, -0.2) is 0 Å². The minimum atomic E-state index is -0.113. The van der Waals surface area contributed by atoms with Crippen molar-refractivity contribution in [2.24, 2.45) is 0 Å². The van der Waals surface area contributed by atoms with Gasteiger partial charge in [0.1, 0.15) is 17.8 Å². The van der Waals surface area contributed by atoms with E-state index in [4.69, 9.17) is 4.42 Å². The number of hydrogen-bond donors (Lipinski definition) is 1. The molecule has 0 radical (unpaired) electrons. The first-order chi connectivity index (χ1) is 10.2. The first-order valence-corrected chi connectivity index (χ1v) is 7.09. The molecule has 21 heavy (non-hydrogen) atoms. The lowest BCUT2D eigenvalue weighted by Crippen LogP contribution is -2.17. The molecule has 0 saturated carbocycles. The van der Waals surface area contributed by atoms with Crippen LogP contribution in [-0.4, -0.2) is 19.2 Å². The topological polar surface area (TPSA) is 59.3 Å². The average molecular weight is 287 g/mol. The highest BCUT2D eigenvalue weighted by Gasteiger charge is 2.07. The number of benzene rings is 1. The molecular weight excluding hydrogens is 266 g/mol. The molecule has 1 amide bonds. The van der Waals surface area contributed by atoms with Crippen LogP contribution < -0.4 is 5.32 Å². The van der Waals surface area contributed by atoms with Gasteiger partial charge in [-0.15, -0.1) is 0 Å². The molecule has 2 rings (SSSR count). The van der Waals surface area contributed by atoms with Gasteiger partial charge in [-0.3, -0.25) is 4.79 Å². The minimum Gasteiger partial charge on any atom is -0.461 e. The Morgan fingerprint density at radius 2 is 1.81 bits per heavy atom. The van der Waals surface area contributed by atoms with E-state index in [1.807, 2.05) is 38.1 Å². The number of nitrogens with one attached hydrogen (secondary N) is 1. The van der Waals surface area contributed by atoms with E-state index in [1.54, 1.807) is 19.2 Å². The molecule has 0 fully saturated rings. The third-order valence-corrected chi connectivity index (χ3v) is 2.83. The summed E-state index contributed by atoms with van der Waals surface area (Å²) in [4.78, 5) is 21.7. The van der Waals surface area contributed by atoms with Crippen LogP contribution in [-0.2, 0) is 11.2 Å². The van der Waals surface area contributed by atoms with E-state index in [0.29, 0.717) is 18.4 Å². The van der Waals surface area contributed by atoms with Crippen LogP contribution in [0.2, 0.25) is 0 Å². The van der Waals surface area contributed by atoms with Crippen molar-refractivity contribution in [2.75, 3.05) is 7.05 Å². The van der Waals surface area contributed by atoms with Crippen molar-refractivity contribution < 1.29 is 14.0 Å². The number of carbonyl (C=O) groups excluding carboxylic acids is 2. The maximum Gasteiger partial charge on any atom is 0.251 e. The van der Waals surface area contributed by atoms with Crippen LogP contribution in [0.5, 0.6) is 0 Å². The second-order valence-electron chi connectivity index (χ2n) is 4.13. The second-order valence-corrected chi connectivity index (χ2v) is 4.13. The lowest BCUT2D eigenvalue weighted by Gasteiger charge is -2.01. The highest BCUT2D eigenvalue weighted by atomic mass is 16.3. The molecule has 4 heteroatoms. The third kappa shape index (κ3) is 4.60. The Kier molecular flexibility index (Phi) is 6.95. The van der Waals surface area contributed by atoms with Crippen LogP contribution in [0, 0.1) is 0 Å². The fourth-order valence-corrected chi connectivity index (χ4v) is 1.80. The van der Waals surface area contributed by atoms with Crippen LogP contribution in [0.3, 0.4) is 0 Å². The van der Waals surface area contributed by atoms with Gasteiger partial charge in [-0.2, -0.15) is 0 Å². The van der Waals surface area contributed by atoms with Crippen molar-refractivity contribution in [1.82, 2.24) is 5.32 Å². The van der Waals surface area contributed by atoms with Gasteiger partial charge in [0.25, 0.3) is 5.91 Å². The summed E-state index contributed by atoms with van der Waals surface area (Å²) >= 11 is 0. The Morgan fingerprint density at radius 3 is 2.38 bits per heavy atom. The van der Waals surface area contributed by atoms with E-state index >= 15 is 0 Å². The zero-order chi connectivity index (χ0) is 15.7. The summed E-state index contributed by atoms with van der Waals surface area (Å²) in [6.07, 6.45) is 1.95.